The van der Waals surface area contributed by atoms with Gasteiger partial charge in [-0.1, -0.05) is 0 Å². The molecule has 0 unspecified atom stereocenters. The Morgan fingerprint density at radius 2 is 1.89 bits per heavy atom. The second-order valence-corrected chi connectivity index (χ2v) is 5.37. The number of carbonyl (C=O) groups excluding carboxylic acids is 2. The molecule has 1 amide bonds. The van der Waals surface area contributed by atoms with Crippen LogP contribution in [-0.4, -0.2) is 43.3 Å². The zero-order valence-electron chi connectivity index (χ0n) is 15.4. The summed E-state index contributed by atoms with van der Waals surface area (Å²) < 4.78 is 15.9. The molecule has 1 aromatic carbocycles. The molecule has 0 saturated heterocycles. The van der Waals surface area contributed by atoms with Crippen LogP contribution in [0.4, 0.5) is 0 Å². The van der Waals surface area contributed by atoms with Crippen molar-refractivity contribution in [3.63, 3.8) is 0 Å². The van der Waals surface area contributed by atoms with Gasteiger partial charge in [-0.15, -0.1) is 0 Å². The maximum Gasteiger partial charge on any atom is 0.262 e. The van der Waals surface area contributed by atoms with Crippen molar-refractivity contribution in [2.45, 2.75) is 6.92 Å². The summed E-state index contributed by atoms with van der Waals surface area (Å²) in [5.74, 6) is 2.26. The highest BCUT2D eigenvalue weighted by Gasteiger charge is 2.18. The van der Waals surface area contributed by atoms with Crippen LogP contribution in [0.25, 0.3) is 6.08 Å². The zero-order chi connectivity index (χ0) is 20.0. The number of aliphatic hydroxyl groups is 1. The lowest BCUT2D eigenvalue weighted by atomic mass is 10.1. The van der Waals surface area contributed by atoms with Gasteiger partial charge in [-0.05, 0) is 31.2 Å². The van der Waals surface area contributed by atoms with E-state index in [-0.39, 0.29) is 11.3 Å². The highest BCUT2D eigenvalue weighted by molar-refractivity contribution is 5.92. The fourth-order valence-corrected chi connectivity index (χ4v) is 2.43. The first-order valence-electron chi connectivity index (χ1n) is 7.87. The fraction of sp³-hybridized carbons (Fsp3) is 0.211. The first-order chi connectivity index (χ1) is 13.0. The molecule has 1 aromatic rings. The largest absolute Gasteiger partial charge is 0.505 e. The molecule has 0 atom stereocenters. The highest BCUT2D eigenvalue weighted by atomic mass is 16.5. The summed E-state index contributed by atoms with van der Waals surface area (Å²) in [4.78, 5) is 22.9. The van der Waals surface area contributed by atoms with Crippen molar-refractivity contribution >= 4 is 17.9 Å². The van der Waals surface area contributed by atoms with E-state index >= 15 is 0 Å². The van der Waals surface area contributed by atoms with Gasteiger partial charge in [0, 0.05) is 17.8 Å². The zero-order valence-corrected chi connectivity index (χ0v) is 15.4. The third kappa shape index (κ3) is 4.13. The van der Waals surface area contributed by atoms with Gasteiger partial charge in [0.2, 0.25) is 5.75 Å². The van der Waals surface area contributed by atoms with Crippen molar-refractivity contribution in [2.75, 3.05) is 21.3 Å². The predicted molar refractivity (Wildman–Crippen MR) is 98.8 cm³/mol. The number of ether oxygens (including phenoxy) is 3. The number of hydrogen-bond donors (Lipinski definition) is 2. The van der Waals surface area contributed by atoms with E-state index in [1.54, 1.807) is 31.1 Å². The second-order valence-electron chi connectivity index (χ2n) is 5.37. The maximum atomic E-state index is 12.2. The lowest BCUT2D eigenvalue weighted by Crippen LogP contribution is -2.38. The molecule has 142 valence electrons. The molecule has 2 rings (SSSR count). The first kappa shape index (κ1) is 19.7. The number of aliphatic hydroxyl groups excluding tert-OH is 1. The third-order valence-electron chi connectivity index (χ3n) is 3.84. The minimum absolute atomic E-state index is 0.0172. The molecule has 0 spiro atoms. The van der Waals surface area contributed by atoms with Crippen molar-refractivity contribution in [3.05, 3.63) is 53.1 Å². The Hall–Kier alpha value is -3.64. The summed E-state index contributed by atoms with van der Waals surface area (Å²) in [5.41, 5.74) is 3.49. The third-order valence-corrected chi connectivity index (χ3v) is 3.84. The van der Waals surface area contributed by atoms with Crippen molar-refractivity contribution in [2.24, 2.45) is 0 Å². The van der Waals surface area contributed by atoms with Gasteiger partial charge in [-0.25, -0.2) is 4.79 Å². The summed E-state index contributed by atoms with van der Waals surface area (Å²) in [6.07, 6.45) is 5.64. The lowest BCUT2D eigenvalue weighted by Gasteiger charge is -2.24. The summed E-state index contributed by atoms with van der Waals surface area (Å²) in [7, 11) is 4.50. The van der Waals surface area contributed by atoms with Crippen LogP contribution in [0.5, 0.6) is 17.2 Å². The molecule has 0 aliphatic carbocycles. The molecule has 0 bridgehead atoms. The molecule has 1 aliphatic heterocycles. The van der Waals surface area contributed by atoms with E-state index in [0.717, 1.165) is 0 Å². The van der Waals surface area contributed by atoms with Gasteiger partial charge in [0.05, 0.1) is 27.0 Å². The molecule has 1 heterocycles. The van der Waals surface area contributed by atoms with E-state index in [0.29, 0.717) is 28.5 Å². The van der Waals surface area contributed by atoms with Gasteiger partial charge < -0.3 is 19.3 Å². The van der Waals surface area contributed by atoms with Crippen LogP contribution < -0.4 is 19.6 Å². The van der Waals surface area contributed by atoms with Crippen LogP contribution in [0.15, 0.2) is 47.5 Å². The van der Waals surface area contributed by atoms with E-state index in [1.165, 1.54) is 44.7 Å². The smallest absolute Gasteiger partial charge is 0.262 e. The molecule has 0 radical (unpaired) electrons. The van der Waals surface area contributed by atoms with E-state index in [4.69, 9.17) is 14.2 Å². The second kappa shape index (κ2) is 8.64. The maximum absolute atomic E-state index is 12.2. The number of methoxy groups -OCH3 is 3. The number of allylic oxidation sites excluding steroid dienone is 2. The fourth-order valence-electron chi connectivity index (χ4n) is 2.43. The van der Waals surface area contributed by atoms with Crippen molar-refractivity contribution < 1.29 is 28.9 Å². The van der Waals surface area contributed by atoms with E-state index in [9.17, 15) is 14.7 Å². The van der Waals surface area contributed by atoms with Crippen LogP contribution in [0, 0.1) is 0 Å². The number of carbonyl (C=O) groups is 1. The molecule has 8 nitrogen and oxygen atoms in total. The number of nitrogens with zero attached hydrogens (tertiary/aromatic N) is 1. The predicted octanol–water partition coefficient (Wildman–Crippen LogP) is 2.13. The van der Waals surface area contributed by atoms with Crippen LogP contribution in [0.3, 0.4) is 0 Å². The quantitative estimate of drug-likeness (QED) is 0.583. The highest BCUT2D eigenvalue weighted by Crippen LogP contribution is 2.40. The topological polar surface area (TPSA) is 97.3 Å². The minimum atomic E-state index is -0.456. The van der Waals surface area contributed by atoms with Crippen LogP contribution in [-0.2, 0) is 9.59 Å². The van der Waals surface area contributed by atoms with Gasteiger partial charge in [-0.3, -0.25) is 15.2 Å². The summed E-state index contributed by atoms with van der Waals surface area (Å²) in [6.45, 7) is 1.55. The lowest BCUT2D eigenvalue weighted by molar-refractivity contribution is -0.119. The molecule has 1 aliphatic rings. The number of nitrogens with one attached hydrogen (secondary N) is 1. The Bertz CT molecular complexity index is 878. The Morgan fingerprint density at radius 1 is 1.19 bits per heavy atom. The average Bonchev–Trinajstić information content (AvgIpc) is 2.69. The normalized spacial score (nSPS) is 13.6. The van der Waals surface area contributed by atoms with Gasteiger partial charge in [-0.2, -0.15) is 0 Å². The minimum Gasteiger partial charge on any atom is -0.505 e. The number of hydrazine groups is 1. The Kier molecular flexibility index (Phi) is 6.30. The molecule has 8 heteroatoms. The molecule has 2 N–H and O–H groups in total. The standard InChI is InChI=1S/C19H20N2O6/c1-12-17(24)14(11-22)9-10-21(12)20-16(23)8-6-13-5-7-15(25-2)19(27-4)18(13)26-3/h5-10,24H,1-4H3,(H,20,23)/b8-6+. The van der Waals surface area contributed by atoms with Gasteiger partial charge >= 0.3 is 0 Å². The monoisotopic (exact) mass is 372 g/mol. The molecule has 0 aromatic heterocycles. The van der Waals surface area contributed by atoms with Crippen molar-refractivity contribution in [1.82, 2.24) is 10.4 Å². The molecule has 27 heavy (non-hydrogen) atoms. The Balaban J connectivity index is 2.20. The van der Waals surface area contributed by atoms with Crippen LogP contribution in [0.2, 0.25) is 0 Å². The molecule has 0 fully saturated rings. The molecular formula is C19H20N2O6. The summed E-state index contributed by atoms with van der Waals surface area (Å²) in [6, 6.07) is 3.42. The summed E-state index contributed by atoms with van der Waals surface area (Å²) in [5, 5.41) is 11.2. The molecule has 0 saturated carbocycles. The Morgan fingerprint density at radius 3 is 2.48 bits per heavy atom. The van der Waals surface area contributed by atoms with E-state index in [1.807, 2.05) is 0 Å². The van der Waals surface area contributed by atoms with Gasteiger partial charge in [0.15, 0.2) is 17.3 Å². The summed E-state index contributed by atoms with van der Waals surface area (Å²) >= 11 is 0. The van der Waals surface area contributed by atoms with Gasteiger partial charge in [0.25, 0.3) is 5.91 Å². The number of benzene rings is 1. The number of hydrogen-bond acceptors (Lipinski definition) is 7. The number of rotatable bonds is 6. The van der Waals surface area contributed by atoms with Crippen LogP contribution in [0.1, 0.15) is 12.5 Å². The number of amides is 1. The first-order valence-corrected chi connectivity index (χ1v) is 7.87. The molecular weight excluding hydrogens is 352 g/mol. The average molecular weight is 372 g/mol. The van der Waals surface area contributed by atoms with Crippen LogP contribution >= 0.6 is 0 Å². The van der Waals surface area contributed by atoms with Gasteiger partial charge in [0.1, 0.15) is 11.5 Å². The van der Waals surface area contributed by atoms with E-state index < -0.39 is 5.91 Å². The van der Waals surface area contributed by atoms with E-state index in [2.05, 4.69) is 5.43 Å². The SMILES string of the molecule is COc1ccc(/C=C/C(=O)NN2C=CC(=C=O)C(O)=C2C)c(OC)c1OC. The van der Waals surface area contributed by atoms with Crippen molar-refractivity contribution in [3.8, 4) is 17.2 Å². The Labute approximate surface area is 156 Å². The van der Waals surface area contributed by atoms with Crippen molar-refractivity contribution in [1.29, 1.82) is 0 Å².